The van der Waals surface area contributed by atoms with Crippen LogP contribution in [0.5, 0.6) is 0 Å². The summed E-state index contributed by atoms with van der Waals surface area (Å²) < 4.78 is 1.99. The van der Waals surface area contributed by atoms with Crippen LogP contribution in [0.2, 0.25) is 5.02 Å². The number of hydrogen-bond donors (Lipinski definition) is 1. The van der Waals surface area contributed by atoms with Crippen molar-refractivity contribution in [2.75, 3.05) is 6.54 Å². The number of amides is 1. The molecule has 0 unspecified atom stereocenters. The molecule has 0 fully saturated rings. The first kappa shape index (κ1) is 11.7. The molecule has 0 aromatic carbocycles. The van der Waals surface area contributed by atoms with Crippen molar-refractivity contribution in [2.24, 2.45) is 0 Å². The largest absolute Gasteiger partial charge is 0.353 e. The van der Waals surface area contributed by atoms with Gasteiger partial charge in [0.2, 0.25) is 0 Å². The quantitative estimate of drug-likeness (QED) is 0.901. The van der Waals surface area contributed by atoms with Crippen LogP contribution < -0.4 is 5.32 Å². The zero-order valence-electron chi connectivity index (χ0n) is 9.14. The van der Waals surface area contributed by atoms with Gasteiger partial charge in [0, 0.05) is 37.9 Å². The molecule has 2 aromatic heterocycles. The lowest BCUT2D eigenvalue weighted by Crippen LogP contribution is -2.27. The Hall–Kier alpha value is -1.81. The molecule has 0 aliphatic heterocycles. The van der Waals surface area contributed by atoms with Gasteiger partial charge in [0.05, 0.1) is 10.6 Å². The summed E-state index contributed by atoms with van der Waals surface area (Å²) in [5.74, 6) is -0.199. The summed E-state index contributed by atoms with van der Waals surface area (Å²) in [5, 5.41) is 3.21. The second-order valence-corrected chi connectivity index (χ2v) is 3.94. The summed E-state index contributed by atoms with van der Waals surface area (Å²) in [6.07, 6.45) is 6.92. The predicted molar refractivity (Wildman–Crippen MR) is 66.0 cm³/mol. The highest BCUT2D eigenvalue weighted by atomic mass is 35.5. The molecule has 1 amide bonds. The summed E-state index contributed by atoms with van der Waals surface area (Å²) >= 11 is 5.89. The van der Waals surface area contributed by atoms with Gasteiger partial charge in [-0.25, -0.2) is 0 Å². The number of carbonyl (C=O) groups excluding carboxylic acids is 1. The van der Waals surface area contributed by atoms with E-state index in [1.165, 1.54) is 6.20 Å². The van der Waals surface area contributed by atoms with Crippen LogP contribution in [0.4, 0.5) is 0 Å². The van der Waals surface area contributed by atoms with E-state index in [-0.39, 0.29) is 5.91 Å². The molecule has 0 radical (unpaired) electrons. The Bertz CT molecular complexity index is 496. The van der Waals surface area contributed by atoms with Crippen LogP contribution in [-0.2, 0) is 6.54 Å². The van der Waals surface area contributed by atoms with E-state index in [9.17, 15) is 4.79 Å². The van der Waals surface area contributed by atoms with Crippen molar-refractivity contribution in [3.63, 3.8) is 0 Å². The third kappa shape index (κ3) is 3.07. The van der Waals surface area contributed by atoms with Crippen LogP contribution in [0.1, 0.15) is 10.4 Å². The molecule has 0 saturated heterocycles. The Morgan fingerprint density at radius 3 is 2.88 bits per heavy atom. The van der Waals surface area contributed by atoms with Gasteiger partial charge in [-0.1, -0.05) is 11.6 Å². The van der Waals surface area contributed by atoms with Crippen LogP contribution in [0, 0.1) is 0 Å². The maximum atomic E-state index is 11.7. The van der Waals surface area contributed by atoms with Crippen molar-refractivity contribution < 1.29 is 4.79 Å². The zero-order chi connectivity index (χ0) is 12.1. The summed E-state index contributed by atoms with van der Waals surface area (Å²) in [6, 6.07) is 5.49. The molecule has 4 nitrogen and oxygen atoms in total. The van der Waals surface area contributed by atoms with E-state index in [0.29, 0.717) is 17.1 Å². The van der Waals surface area contributed by atoms with Gasteiger partial charge >= 0.3 is 0 Å². The fourth-order valence-electron chi connectivity index (χ4n) is 1.46. The normalized spacial score (nSPS) is 10.2. The number of rotatable bonds is 4. The minimum absolute atomic E-state index is 0.199. The number of halogens is 1. The van der Waals surface area contributed by atoms with Gasteiger partial charge < -0.3 is 9.88 Å². The van der Waals surface area contributed by atoms with Crippen LogP contribution in [0.25, 0.3) is 0 Å². The topological polar surface area (TPSA) is 46.9 Å². The van der Waals surface area contributed by atoms with E-state index >= 15 is 0 Å². The van der Waals surface area contributed by atoms with Crippen molar-refractivity contribution in [3.05, 3.63) is 53.6 Å². The molecule has 17 heavy (non-hydrogen) atoms. The van der Waals surface area contributed by atoms with Crippen LogP contribution in [0.15, 0.2) is 43.0 Å². The fourth-order valence-corrected chi connectivity index (χ4v) is 1.65. The Balaban J connectivity index is 1.88. The predicted octanol–water partition coefficient (Wildman–Crippen LogP) is 1.97. The first-order chi connectivity index (χ1) is 8.27. The molecule has 5 heteroatoms. The molecule has 2 heterocycles. The molecule has 0 bridgehead atoms. The average Bonchev–Trinajstić information content (AvgIpc) is 2.82. The Morgan fingerprint density at radius 2 is 2.18 bits per heavy atom. The first-order valence-electron chi connectivity index (χ1n) is 5.26. The van der Waals surface area contributed by atoms with Crippen LogP contribution in [-0.4, -0.2) is 22.0 Å². The number of nitrogens with one attached hydrogen (secondary N) is 1. The smallest absolute Gasteiger partial charge is 0.254 e. The molecular formula is C12H12ClN3O. The second kappa shape index (κ2) is 5.50. The minimum Gasteiger partial charge on any atom is -0.353 e. The summed E-state index contributed by atoms with van der Waals surface area (Å²) in [7, 11) is 0. The van der Waals surface area contributed by atoms with Gasteiger partial charge in [0.1, 0.15) is 0 Å². The summed E-state index contributed by atoms with van der Waals surface area (Å²) in [4.78, 5) is 15.6. The number of nitrogens with zero attached hydrogens (tertiary/aromatic N) is 2. The van der Waals surface area contributed by atoms with Crippen molar-refractivity contribution in [1.29, 1.82) is 0 Å². The lowest BCUT2D eigenvalue weighted by molar-refractivity contribution is 0.0952. The van der Waals surface area contributed by atoms with E-state index in [0.717, 1.165) is 6.54 Å². The highest BCUT2D eigenvalue weighted by Gasteiger charge is 2.08. The standard InChI is InChI=1S/C12H12ClN3O/c13-11-3-4-14-9-10(11)12(17)15-5-8-16-6-1-2-7-16/h1-4,6-7,9H,5,8H2,(H,15,17). The highest BCUT2D eigenvalue weighted by Crippen LogP contribution is 2.12. The van der Waals surface area contributed by atoms with Crippen LogP contribution >= 0.6 is 11.6 Å². The second-order valence-electron chi connectivity index (χ2n) is 3.53. The maximum Gasteiger partial charge on any atom is 0.254 e. The molecule has 0 saturated carbocycles. The lowest BCUT2D eigenvalue weighted by atomic mass is 10.2. The molecule has 88 valence electrons. The van der Waals surface area contributed by atoms with E-state index < -0.39 is 0 Å². The Labute approximate surface area is 104 Å². The fraction of sp³-hybridized carbons (Fsp3) is 0.167. The first-order valence-corrected chi connectivity index (χ1v) is 5.63. The van der Waals surface area contributed by atoms with Crippen molar-refractivity contribution in [1.82, 2.24) is 14.9 Å². The SMILES string of the molecule is O=C(NCCn1cccc1)c1cnccc1Cl. The third-order valence-corrected chi connectivity index (χ3v) is 2.66. The van der Waals surface area contributed by atoms with Gasteiger partial charge in [-0.3, -0.25) is 9.78 Å². The summed E-state index contributed by atoms with van der Waals surface area (Å²) in [6.45, 7) is 1.29. The van der Waals surface area contributed by atoms with Gasteiger partial charge in [0.15, 0.2) is 0 Å². The Kier molecular flexibility index (Phi) is 3.77. The molecule has 0 aliphatic rings. The zero-order valence-corrected chi connectivity index (χ0v) is 9.89. The molecule has 1 N–H and O–H groups in total. The van der Waals surface area contributed by atoms with Gasteiger partial charge in [-0.2, -0.15) is 0 Å². The average molecular weight is 250 g/mol. The minimum atomic E-state index is -0.199. The number of hydrogen-bond acceptors (Lipinski definition) is 2. The lowest BCUT2D eigenvalue weighted by Gasteiger charge is -2.06. The maximum absolute atomic E-state index is 11.7. The third-order valence-electron chi connectivity index (χ3n) is 2.33. The molecule has 0 spiro atoms. The van der Waals surface area contributed by atoms with Gasteiger partial charge in [0.25, 0.3) is 5.91 Å². The van der Waals surface area contributed by atoms with Crippen LogP contribution in [0.3, 0.4) is 0 Å². The van der Waals surface area contributed by atoms with E-state index in [1.54, 1.807) is 12.3 Å². The monoisotopic (exact) mass is 249 g/mol. The Morgan fingerprint density at radius 1 is 1.41 bits per heavy atom. The molecule has 0 atom stereocenters. The van der Waals surface area contributed by atoms with Crippen molar-refractivity contribution in [2.45, 2.75) is 6.54 Å². The van der Waals surface area contributed by atoms with Gasteiger partial charge in [-0.15, -0.1) is 0 Å². The molecule has 0 aliphatic carbocycles. The van der Waals surface area contributed by atoms with Crippen molar-refractivity contribution in [3.8, 4) is 0 Å². The van der Waals surface area contributed by atoms with Crippen molar-refractivity contribution >= 4 is 17.5 Å². The number of pyridine rings is 1. The summed E-state index contributed by atoms with van der Waals surface area (Å²) in [5.41, 5.74) is 0.404. The van der Waals surface area contributed by atoms with E-state index in [2.05, 4.69) is 10.3 Å². The number of carbonyl (C=O) groups is 1. The molecule has 2 aromatic rings. The molecule has 2 rings (SSSR count). The van der Waals surface area contributed by atoms with Gasteiger partial charge in [-0.05, 0) is 18.2 Å². The number of aromatic nitrogens is 2. The van der Waals surface area contributed by atoms with E-state index in [4.69, 9.17) is 11.6 Å². The molecular weight excluding hydrogens is 238 g/mol. The highest BCUT2D eigenvalue weighted by molar-refractivity contribution is 6.33. The van der Waals surface area contributed by atoms with E-state index in [1.807, 2.05) is 29.1 Å².